The van der Waals surface area contributed by atoms with Gasteiger partial charge < -0.3 is 4.42 Å². The maximum Gasteiger partial charge on any atom is 0.200 e. The summed E-state index contributed by atoms with van der Waals surface area (Å²) in [6.45, 7) is 3.63. The number of hydrogen-bond acceptors (Lipinski definition) is 2. The van der Waals surface area contributed by atoms with Gasteiger partial charge in [-0.05, 0) is 28.1 Å². The predicted octanol–water partition coefficient (Wildman–Crippen LogP) is 5.34. The highest BCUT2D eigenvalue weighted by Gasteiger charge is 2.19. The summed E-state index contributed by atoms with van der Waals surface area (Å²) in [5, 5.41) is 1.57. The van der Waals surface area contributed by atoms with Crippen LogP contribution in [0.5, 0.6) is 0 Å². The minimum atomic E-state index is -0.128. The maximum absolute atomic E-state index is 11.8. The Hall–Kier alpha value is -0.510. The molecule has 17 heavy (non-hydrogen) atoms. The van der Waals surface area contributed by atoms with Crippen LogP contribution in [-0.4, -0.2) is 5.78 Å². The molecule has 0 fully saturated rings. The number of ketones is 1. The molecule has 0 aliphatic carbocycles. The Morgan fingerprint density at radius 2 is 2.00 bits per heavy atom. The van der Waals surface area contributed by atoms with Gasteiger partial charge >= 0.3 is 0 Å². The van der Waals surface area contributed by atoms with Gasteiger partial charge in [0.15, 0.2) is 11.3 Å². The van der Waals surface area contributed by atoms with Gasteiger partial charge in [-0.25, -0.2) is 0 Å². The van der Waals surface area contributed by atoms with E-state index < -0.39 is 0 Å². The van der Waals surface area contributed by atoms with Crippen LogP contribution >= 0.6 is 39.1 Å². The first-order valence-electron chi connectivity index (χ1n) is 5.03. The Morgan fingerprint density at radius 3 is 2.59 bits per heavy atom. The van der Waals surface area contributed by atoms with Gasteiger partial charge in [-0.3, -0.25) is 4.79 Å². The number of hydrogen-bond donors (Lipinski definition) is 0. The first kappa shape index (κ1) is 12.9. The van der Waals surface area contributed by atoms with E-state index in [1.807, 2.05) is 13.8 Å². The minimum absolute atomic E-state index is 0.0653. The molecule has 0 bridgehead atoms. The summed E-state index contributed by atoms with van der Waals surface area (Å²) < 4.78 is 6.15. The molecule has 0 aliphatic rings. The van der Waals surface area contributed by atoms with Gasteiger partial charge in [-0.15, -0.1) is 0 Å². The van der Waals surface area contributed by atoms with Crippen molar-refractivity contribution in [2.75, 3.05) is 0 Å². The van der Waals surface area contributed by atoms with E-state index in [4.69, 9.17) is 27.6 Å². The van der Waals surface area contributed by atoms with Crippen LogP contribution < -0.4 is 0 Å². The second kappa shape index (κ2) is 4.63. The third-order valence-electron chi connectivity index (χ3n) is 2.42. The Morgan fingerprint density at radius 1 is 1.35 bits per heavy atom. The van der Waals surface area contributed by atoms with Gasteiger partial charge in [0.2, 0.25) is 5.78 Å². The summed E-state index contributed by atoms with van der Waals surface area (Å²) in [4.78, 5) is 11.8. The standard InChI is InChI=1S/C12H9BrCl2O2/c1-5(2)11(16)9-3-6-10(15)7(13)4-8(14)12(6)17-9/h3-5H,1-2H3. The molecular formula is C12H9BrCl2O2. The molecule has 0 amide bonds. The second-order valence-electron chi connectivity index (χ2n) is 4.03. The molecule has 5 heteroatoms. The number of benzene rings is 1. The van der Waals surface area contributed by atoms with Crippen molar-refractivity contribution in [3.63, 3.8) is 0 Å². The van der Waals surface area contributed by atoms with Crippen molar-refractivity contribution >= 4 is 55.9 Å². The number of halogens is 3. The van der Waals surface area contributed by atoms with Gasteiger partial charge in [0.1, 0.15) is 0 Å². The number of carbonyl (C=O) groups excluding carboxylic acids is 1. The molecule has 2 rings (SSSR count). The molecule has 0 radical (unpaired) electrons. The largest absolute Gasteiger partial charge is 0.451 e. The first-order chi connectivity index (χ1) is 7.91. The average Bonchev–Trinajstić information content (AvgIpc) is 2.70. The Kier molecular flexibility index (Phi) is 3.53. The van der Waals surface area contributed by atoms with Crippen molar-refractivity contribution in [3.8, 4) is 0 Å². The summed E-state index contributed by atoms with van der Waals surface area (Å²) in [5.74, 6) is 0.0953. The van der Waals surface area contributed by atoms with Gasteiger partial charge in [-0.2, -0.15) is 0 Å². The Labute approximate surface area is 117 Å². The highest BCUT2D eigenvalue weighted by Crippen LogP contribution is 2.38. The van der Waals surface area contributed by atoms with Crippen molar-refractivity contribution in [1.29, 1.82) is 0 Å². The molecule has 90 valence electrons. The number of Topliss-reactive ketones (excluding diaryl/α,β-unsaturated/α-hetero) is 1. The van der Waals surface area contributed by atoms with Crippen LogP contribution in [0.15, 0.2) is 21.0 Å². The van der Waals surface area contributed by atoms with Crippen molar-refractivity contribution in [3.05, 3.63) is 32.4 Å². The molecule has 0 unspecified atom stereocenters. The molecule has 2 aromatic rings. The molecular weight excluding hydrogens is 327 g/mol. The topological polar surface area (TPSA) is 30.2 Å². The lowest BCUT2D eigenvalue weighted by molar-refractivity contribution is 0.0913. The van der Waals surface area contributed by atoms with E-state index in [0.717, 1.165) is 0 Å². The van der Waals surface area contributed by atoms with Crippen LogP contribution in [0.2, 0.25) is 10.0 Å². The third-order valence-corrected chi connectivity index (χ3v) is 3.96. The maximum atomic E-state index is 11.8. The van der Waals surface area contributed by atoms with E-state index in [2.05, 4.69) is 15.9 Å². The van der Waals surface area contributed by atoms with Gasteiger partial charge in [0.25, 0.3) is 0 Å². The van der Waals surface area contributed by atoms with E-state index in [9.17, 15) is 4.79 Å². The number of furan rings is 1. The first-order valence-corrected chi connectivity index (χ1v) is 6.58. The molecule has 0 atom stereocenters. The van der Waals surface area contributed by atoms with Gasteiger partial charge in [-0.1, -0.05) is 37.0 Å². The molecule has 1 aromatic heterocycles. The molecule has 1 heterocycles. The van der Waals surface area contributed by atoms with Crippen LogP contribution in [0.1, 0.15) is 24.4 Å². The van der Waals surface area contributed by atoms with Crippen LogP contribution in [0.3, 0.4) is 0 Å². The van der Waals surface area contributed by atoms with E-state index in [1.165, 1.54) is 0 Å². The lowest BCUT2D eigenvalue weighted by Crippen LogP contribution is -2.05. The molecule has 0 N–H and O–H groups in total. The van der Waals surface area contributed by atoms with E-state index in [-0.39, 0.29) is 17.5 Å². The van der Waals surface area contributed by atoms with Gasteiger partial charge in [0, 0.05) is 15.8 Å². The highest BCUT2D eigenvalue weighted by atomic mass is 79.9. The van der Waals surface area contributed by atoms with E-state index in [1.54, 1.807) is 12.1 Å². The van der Waals surface area contributed by atoms with Crippen LogP contribution in [0.4, 0.5) is 0 Å². The van der Waals surface area contributed by atoms with Crippen LogP contribution in [0.25, 0.3) is 11.0 Å². The molecule has 0 saturated carbocycles. The fraction of sp³-hybridized carbons (Fsp3) is 0.250. The lowest BCUT2D eigenvalue weighted by atomic mass is 10.1. The van der Waals surface area contributed by atoms with Crippen molar-refractivity contribution in [1.82, 2.24) is 0 Å². The second-order valence-corrected chi connectivity index (χ2v) is 5.67. The van der Waals surface area contributed by atoms with Crippen LogP contribution in [0, 0.1) is 5.92 Å². The van der Waals surface area contributed by atoms with Crippen LogP contribution in [-0.2, 0) is 0 Å². The molecule has 2 nitrogen and oxygen atoms in total. The zero-order valence-electron chi connectivity index (χ0n) is 9.18. The minimum Gasteiger partial charge on any atom is -0.451 e. The van der Waals surface area contributed by atoms with Crippen molar-refractivity contribution in [2.24, 2.45) is 5.92 Å². The Bertz CT molecular complexity index is 602. The zero-order valence-corrected chi connectivity index (χ0v) is 12.3. The monoisotopic (exact) mass is 334 g/mol. The lowest BCUT2D eigenvalue weighted by Gasteiger charge is -1.98. The number of fused-ring (bicyclic) bond motifs is 1. The summed E-state index contributed by atoms with van der Waals surface area (Å²) >= 11 is 15.5. The molecule has 0 aliphatic heterocycles. The molecule has 1 aromatic carbocycles. The Balaban J connectivity index is 2.69. The van der Waals surface area contributed by atoms with E-state index >= 15 is 0 Å². The fourth-order valence-electron chi connectivity index (χ4n) is 1.51. The van der Waals surface area contributed by atoms with E-state index in [0.29, 0.717) is 25.5 Å². The highest BCUT2D eigenvalue weighted by molar-refractivity contribution is 9.10. The SMILES string of the molecule is CC(C)C(=O)c1cc2c(Cl)c(Br)cc(Cl)c2o1. The molecule has 0 spiro atoms. The zero-order chi connectivity index (χ0) is 12.7. The van der Waals surface area contributed by atoms with Crippen molar-refractivity contribution in [2.45, 2.75) is 13.8 Å². The number of rotatable bonds is 2. The average molecular weight is 336 g/mol. The third kappa shape index (κ3) is 2.24. The van der Waals surface area contributed by atoms with Crippen molar-refractivity contribution < 1.29 is 9.21 Å². The van der Waals surface area contributed by atoms with Gasteiger partial charge in [0.05, 0.1) is 10.0 Å². The smallest absolute Gasteiger partial charge is 0.200 e. The fourth-order valence-corrected chi connectivity index (χ4v) is 2.52. The normalized spacial score (nSPS) is 11.4. The summed E-state index contributed by atoms with van der Waals surface area (Å²) in [6, 6.07) is 3.29. The molecule has 0 saturated heterocycles. The summed E-state index contributed by atoms with van der Waals surface area (Å²) in [7, 11) is 0. The quantitative estimate of drug-likeness (QED) is 0.547. The number of carbonyl (C=O) groups is 1. The summed E-state index contributed by atoms with van der Waals surface area (Å²) in [6.07, 6.45) is 0. The summed E-state index contributed by atoms with van der Waals surface area (Å²) in [5.41, 5.74) is 0.448. The predicted molar refractivity (Wildman–Crippen MR) is 73.1 cm³/mol.